The van der Waals surface area contributed by atoms with Crippen LogP contribution in [0, 0.1) is 5.41 Å². The molecule has 0 bridgehead atoms. The molecule has 0 aromatic rings. The molecule has 2 amide bonds. The summed E-state index contributed by atoms with van der Waals surface area (Å²) in [5, 5.41) is 0. The summed E-state index contributed by atoms with van der Waals surface area (Å²) in [7, 11) is 2.10. The molecule has 0 atom stereocenters. The van der Waals surface area contributed by atoms with Crippen LogP contribution >= 0.6 is 0 Å². The van der Waals surface area contributed by atoms with E-state index in [-0.39, 0.29) is 17.2 Å². The number of hydrogen-bond acceptors (Lipinski definition) is 3. The average Bonchev–Trinajstić information content (AvgIpc) is 2.55. The normalized spacial score (nSPS) is 25.5. The molecule has 88 valence electrons. The van der Waals surface area contributed by atoms with E-state index in [1.165, 1.54) is 17.1 Å². The van der Waals surface area contributed by atoms with Gasteiger partial charge in [0.05, 0.1) is 0 Å². The van der Waals surface area contributed by atoms with Crippen LogP contribution in [0.15, 0.2) is 12.2 Å². The SMILES string of the molecule is CN1CCC(C)(CN2C(=O)C=CC2=O)CC1. The maximum Gasteiger partial charge on any atom is 0.253 e. The van der Waals surface area contributed by atoms with Crippen molar-refractivity contribution in [1.82, 2.24) is 9.80 Å². The van der Waals surface area contributed by atoms with Crippen LogP contribution in [0.5, 0.6) is 0 Å². The lowest BCUT2D eigenvalue weighted by Crippen LogP contribution is -2.45. The molecule has 0 unspecified atom stereocenters. The Morgan fingerprint density at radius 3 is 2.19 bits per heavy atom. The zero-order chi connectivity index (χ0) is 11.8. The van der Waals surface area contributed by atoms with Crippen LogP contribution in [-0.2, 0) is 9.59 Å². The fourth-order valence-corrected chi connectivity index (χ4v) is 2.29. The largest absolute Gasteiger partial charge is 0.306 e. The topological polar surface area (TPSA) is 40.6 Å². The van der Waals surface area contributed by atoms with Crippen LogP contribution in [0.3, 0.4) is 0 Å². The summed E-state index contributed by atoms with van der Waals surface area (Å²) in [6, 6.07) is 0. The Kier molecular flexibility index (Phi) is 2.84. The average molecular weight is 222 g/mol. The summed E-state index contributed by atoms with van der Waals surface area (Å²) >= 11 is 0. The molecule has 4 heteroatoms. The molecule has 1 fully saturated rings. The van der Waals surface area contributed by atoms with E-state index in [9.17, 15) is 9.59 Å². The van der Waals surface area contributed by atoms with E-state index in [2.05, 4.69) is 18.9 Å². The molecule has 0 aromatic carbocycles. The fraction of sp³-hybridized carbons (Fsp3) is 0.667. The number of amides is 2. The molecule has 4 nitrogen and oxygen atoms in total. The van der Waals surface area contributed by atoms with Gasteiger partial charge in [0.2, 0.25) is 0 Å². The van der Waals surface area contributed by atoms with Crippen LogP contribution in [0.4, 0.5) is 0 Å². The van der Waals surface area contributed by atoms with E-state index in [0.717, 1.165) is 25.9 Å². The zero-order valence-electron chi connectivity index (χ0n) is 9.90. The molecule has 0 aliphatic carbocycles. The fourth-order valence-electron chi connectivity index (χ4n) is 2.29. The number of likely N-dealkylation sites (tertiary alicyclic amines) is 1. The monoisotopic (exact) mass is 222 g/mol. The van der Waals surface area contributed by atoms with Gasteiger partial charge in [-0.25, -0.2) is 0 Å². The van der Waals surface area contributed by atoms with Crippen molar-refractivity contribution in [3.8, 4) is 0 Å². The second-order valence-corrected chi connectivity index (χ2v) is 5.21. The molecule has 0 aromatic heterocycles. The lowest BCUT2D eigenvalue weighted by atomic mass is 9.80. The maximum atomic E-state index is 11.5. The summed E-state index contributed by atoms with van der Waals surface area (Å²) in [6.07, 6.45) is 4.81. The molecule has 2 aliphatic rings. The van der Waals surface area contributed by atoms with Crippen molar-refractivity contribution >= 4 is 11.8 Å². The molecular formula is C12H18N2O2. The van der Waals surface area contributed by atoms with Crippen LogP contribution in [-0.4, -0.2) is 48.3 Å². The molecule has 2 rings (SSSR count). The second-order valence-electron chi connectivity index (χ2n) is 5.21. The summed E-state index contributed by atoms with van der Waals surface area (Å²) in [6.45, 7) is 4.81. The number of piperidine rings is 1. The molecule has 1 saturated heterocycles. The molecule has 2 aliphatic heterocycles. The predicted octanol–water partition coefficient (Wildman–Crippen LogP) is 0.643. The smallest absolute Gasteiger partial charge is 0.253 e. The molecule has 2 heterocycles. The van der Waals surface area contributed by atoms with Gasteiger partial charge in [0, 0.05) is 18.7 Å². The molecular weight excluding hydrogens is 204 g/mol. The third-order valence-corrected chi connectivity index (χ3v) is 3.63. The number of carbonyl (C=O) groups excluding carboxylic acids is 2. The zero-order valence-corrected chi connectivity index (χ0v) is 9.90. The van der Waals surface area contributed by atoms with Crippen molar-refractivity contribution in [3.63, 3.8) is 0 Å². The first kappa shape index (κ1) is 11.3. The molecule has 0 spiro atoms. The van der Waals surface area contributed by atoms with E-state index in [1.807, 2.05) is 0 Å². The minimum atomic E-state index is -0.162. The van der Waals surface area contributed by atoms with Gasteiger partial charge < -0.3 is 4.90 Å². The highest BCUT2D eigenvalue weighted by Gasteiger charge is 2.35. The highest BCUT2D eigenvalue weighted by Crippen LogP contribution is 2.32. The number of imide groups is 1. The first-order valence-corrected chi connectivity index (χ1v) is 5.72. The van der Waals surface area contributed by atoms with Gasteiger partial charge in [-0.3, -0.25) is 14.5 Å². The number of nitrogens with zero attached hydrogens (tertiary/aromatic N) is 2. The lowest BCUT2D eigenvalue weighted by Gasteiger charge is -2.39. The van der Waals surface area contributed by atoms with Gasteiger partial charge in [0.15, 0.2) is 0 Å². The van der Waals surface area contributed by atoms with Gasteiger partial charge in [0.25, 0.3) is 11.8 Å². The number of hydrogen-bond donors (Lipinski definition) is 0. The van der Waals surface area contributed by atoms with E-state index in [1.54, 1.807) is 0 Å². The predicted molar refractivity (Wildman–Crippen MR) is 60.7 cm³/mol. The first-order chi connectivity index (χ1) is 7.50. The van der Waals surface area contributed by atoms with Crippen molar-refractivity contribution in [3.05, 3.63) is 12.2 Å². The Hall–Kier alpha value is -1.16. The van der Waals surface area contributed by atoms with Crippen LogP contribution in [0.25, 0.3) is 0 Å². The summed E-state index contributed by atoms with van der Waals surface area (Å²) in [4.78, 5) is 26.6. The number of carbonyl (C=O) groups is 2. The van der Waals surface area contributed by atoms with Crippen molar-refractivity contribution in [2.75, 3.05) is 26.7 Å². The Morgan fingerprint density at radius 2 is 1.69 bits per heavy atom. The van der Waals surface area contributed by atoms with Gasteiger partial charge in [-0.1, -0.05) is 6.92 Å². The minimum Gasteiger partial charge on any atom is -0.306 e. The van der Waals surface area contributed by atoms with Gasteiger partial charge in [-0.2, -0.15) is 0 Å². The lowest BCUT2D eigenvalue weighted by molar-refractivity contribution is -0.139. The van der Waals surface area contributed by atoms with Crippen LogP contribution in [0.1, 0.15) is 19.8 Å². The van der Waals surface area contributed by atoms with Gasteiger partial charge >= 0.3 is 0 Å². The Morgan fingerprint density at radius 1 is 1.19 bits per heavy atom. The van der Waals surface area contributed by atoms with Gasteiger partial charge in [0.1, 0.15) is 0 Å². The van der Waals surface area contributed by atoms with Crippen molar-refractivity contribution in [1.29, 1.82) is 0 Å². The minimum absolute atomic E-state index is 0.0872. The molecule has 0 radical (unpaired) electrons. The van der Waals surface area contributed by atoms with E-state index in [4.69, 9.17) is 0 Å². The first-order valence-electron chi connectivity index (χ1n) is 5.72. The van der Waals surface area contributed by atoms with Crippen molar-refractivity contribution < 1.29 is 9.59 Å². The Labute approximate surface area is 95.9 Å². The maximum absolute atomic E-state index is 11.5. The third kappa shape index (κ3) is 2.16. The van der Waals surface area contributed by atoms with Crippen molar-refractivity contribution in [2.24, 2.45) is 5.41 Å². The van der Waals surface area contributed by atoms with E-state index in [0.29, 0.717) is 6.54 Å². The highest BCUT2D eigenvalue weighted by molar-refractivity contribution is 6.12. The quantitative estimate of drug-likeness (QED) is 0.644. The van der Waals surface area contributed by atoms with Gasteiger partial charge in [-0.15, -0.1) is 0 Å². The highest BCUT2D eigenvalue weighted by atomic mass is 16.2. The Balaban J connectivity index is 1.99. The Bertz CT molecular complexity index is 323. The summed E-state index contributed by atoms with van der Waals surface area (Å²) in [5.74, 6) is -0.324. The summed E-state index contributed by atoms with van der Waals surface area (Å²) in [5.41, 5.74) is 0.0872. The van der Waals surface area contributed by atoms with Crippen LogP contribution < -0.4 is 0 Å². The van der Waals surface area contributed by atoms with Crippen molar-refractivity contribution in [2.45, 2.75) is 19.8 Å². The van der Waals surface area contributed by atoms with Crippen LogP contribution in [0.2, 0.25) is 0 Å². The molecule has 0 N–H and O–H groups in total. The molecule has 0 saturated carbocycles. The molecule has 16 heavy (non-hydrogen) atoms. The third-order valence-electron chi connectivity index (χ3n) is 3.63. The standard InChI is InChI=1S/C12H18N2O2/c1-12(5-7-13(2)8-6-12)9-14-10(15)3-4-11(14)16/h3-4H,5-9H2,1-2H3. The van der Waals surface area contributed by atoms with E-state index < -0.39 is 0 Å². The second kappa shape index (κ2) is 4.01. The van der Waals surface area contributed by atoms with E-state index >= 15 is 0 Å². The van der Waals surface area contributed by atoms with Gasteiger partial charge in [-0.05, 0) is 38.4 Å². The summed E-state index contributed by atoms with van der Waals surface area (Å²) < 4.78 is 0. The number of rotatable bonds is 2.